The number of anilines is 2. The molecule has 2 aromatic heterocycles. The molecule has 8 heteroatoms. The number of fused-ring (bicyclic) bond motifs is 1. The Hall–Kier alpha value is -4.85. The van der Waals surface area contributed by atoms with Crippen molar-refractivity contribution in [3.8, 4) is 5.69 Å². The second-order valence-electron chi connectivity index (χ2n) is 12.8. The molecule has 1 fully saturated rings. The van der Waals surface area contributed by atoms with Crippen molar-refractivity contribution in [3.05, 3.63) is 108 Å². The van der Waals surface area contributed by atoms with E-state index < -0.39 is 0 Å². The molecule has 5 aromatic rings. The molecule has 2 N–H and O–H groups in total. The number of piperidine rings is 1. The molecule has 8 nitrogen and oxygen atoms in total. The van der Waals surface area contributed by atoms with Crippen LogP contribution in [0, 0.1) is 12.8 Å². The Kier molecular flexibility index (Phi) is 7.99. The van der Waals surface area contributed by atoms with E-state index in [4.69, 9.17) is 9.52 Å². The third-order valence-corrected chi connectivity index (χ3v) is 8.25. The maximum Gasteiger partial charge on any atom is 0.324 e. The molecule has 0 aliphatic carbocycles. The van der Waals surface area contributed by atoms with Crippen LogP contribution in [-0.4, -0.2) is 39.7 Å². The molecule has 1 aliphatic rings. The number of para-hydroxylation sites is 1. The lowest BCUT2D eigenvalue weighted by molar-refractivity contribution is 0.0661. The summed E-state index contributed by atoms with van der Waals surface area (Å²) in [6.45, 7) is 9.76. The molecule has 0 radical (unpaired) electrons. The van der Waals surface area contributed by atoms with Crippen molar-refractivity contribution in [2.45, 2.75) is 52.4 Å². The van der Waals surface area contributed by atoms with E-state index >= 15 is 0 Å². The first-order valence-corrected chi connectivity index (χ1v) is 15.2. The van der Waals surface area contributed by atoms with Gasteiger partial charge in [-0.15, -0.1) is 0 Å². The van der Waals surface area contributed by atoms with Gasteiger partial charge in [0.15, 0.2) is 5.76 Å². The first kappa shape index (κ1) is 29.2. The first-order valence-electron chi connectivity index (χ1n) is 15.2. The second kappa shape index (κ2) is 12.0. The van der Waals surface area contributed by atoms with Crippen LogP contribution in [0.25, 0.3) is 16.7 Å². The molecule has 0 spiro atoms. The van der Waals surface area contributed by atoms with E-state index in [1.54, 1.807) is 4.68 Å². The van der Waals surface area contributed by atoms with E-state index in [1.165, 1.54) is 0 Å². The summed E-state index contributed by atoms with van der Waals surface area (Å²) in [7, 11) is 0. The van der Waals surface area contributed by atoms with Crippen LogP contribution in [0.4, 0.5) is 16.3 Å². The lowest BCUT2D eigenvalue weighted by atomic mass is 9.90. The Morgan fingerprint density at radius 1 is 0.909 bits per heavy atom. The van der Waals surface area contributed by atoms with Gasteiger partial charge in [-0.3, -0.25) is 10.1 Å². The van der Waals surface area contributed by atoms with Gasteiger partial charge in [0.1, 0.15) is 11.4 Å². The molecular formula is C36H39N5O3. The summed E-state index contributed by atoms with van der Waals surface area (Å²) < 4.78 is 7.58. The molecule has 0 saturated carbocycles. The lowest BCUT2D eigenvalue weighted by Gasteiger charge is -2.31. The zero-order chi connectivity index (χ0) is 30.8. The summed E-state index contributed by atoms with van der Waals surface area (Å²) in [4.78, 5) is 28.1. The Morgan fingerprint density at radius 3 is 2.39 bits per heavy atom. The van der Waals surface area contributed by atoms with Crippen molar-refractivity contribution < 1.29 is 14.0 Å². The molecule has 3 aromatic carbocycles. The summed E-state index contributed by atoms with van der Waals surface area (Å²) in [5, 5.41) is 11.8. The quantitative estimate of drug-likeness (QED) is 0.210. The number of nitrogens with one attached hydrogen (secondary N) is 2. The number of rotatable bonds is 6. The third kappa shape index (κ3) is 6.54. The third-order valence-electron chi connectivity index (χ3n) is 8.25. The number of hydrogen-bond acceptors (Lipinski definition) is 4. The van der Waals surface area contributed by atoms with Gasteiger partial charge in [0, 0.05) is 35.6 Å². The Bertz CT molecular complexity index is 1750. The van der Waals surface area contributed by atoms with Crippen molar-refractivity contribution >= 4 is 34.4 Å². The number of aromatic nitrogens is 2. The summed E-state index contributed by atoms with van der Waals surface area (Å²) in [6.07, 6.45) is 2.73. The van der Waals surface area contributed by atoms with Crippen LogP contribution in [-0.2, 0) is 11.8 Å². The molecule has 0 atom stereocenters. The van der Waals surface area contributed by atoms with E-state index in [0.717, 1.165) is 58.4 Å². The van der Waals surface area contributed by atoms with Gasteiger partial charge in [0.2, 0.25) is 0 Å². The molecule has 6 rings (SSSR count). The minimum atomic E-state index is -0.326. The highest BCUT2D eigenvalue weighted by atomic mass is 16.3. The van der Waals surface area contributed by atoms with E-state index in [9.17, 15) is 9.59 Å². The first-order chi connectivity index (χ1) is 21.1. The van der Waals surface area contributed by atoms with Gasteiger partial charge in [-0.25, -0.2) is 9.48 Å². The zero-order valence-electron chi connectivity index (χ0n) is 25.8. The van der Waals surface area contributed by atoms with Crippen LogP contribution in [0.3, 0.4) is 0 Å². The van der Waals surface area contributed by atoms with E-state index in [2.05, 4.69) is 37.5 Å². The van der Waals surface area contributed by atoms with Gasteiger partial charge >= 0.3 is 6.03 Å². The molecule has 1 aliphatic heterocycles. The predicted octanol–water partition coefficient (Wildman–Crippen LogP) is 7.96. The molecule has 0 unspecified atom stereocenters. The summed E-state index contributed by atoms with van der Waals surface area (Å²) >= 11 is 0. The van der Waals surface area contributed by atoms with Crippen molar-refractivity contribution in [1.82, 2.24) is 14.7 Å². The number of urea groups is 1. The fourth-order valence-electron chi connectivity index (χ4n) is 5.69. The number of furan rings is 1. The summed E-state index contributed by atoms with van der Waals surface area (Å²) in [5.74, 6) is 1.42. The maximum absolute atomic E-state index is 13.1. The molecule has 226 valence electrons. The fraction of sp³-hybridized carbons (Fsp3) is 0.306. The van der Waals surface area contributed by atoms with E-state index in [0.29, 0.717) is 30.6 Å². The fourth-order valence-corrected chi connectivity index (χ4v) is 5.69. The standard InChI is InChI=1S/C36H39N5O3/c1-24-12-14-29(15-13-24)41-33(23-32(39-41)36(2,3)4)38-35(43)37-28-10-7-8-26(21-28)20-25-16-18-40(19-17-25)34(42)31-22-27-9-5-6-11-30(27)44-31/h5-15,21-23,25H,16-20H2,1-4H3,(H2,37,38,43). The van der Waals surface area contributed by atoms with Crippen LogP contribution in [0.2, 0.25) is 0 Å². The number of benzene rings is 3. The molecule has 3 heterocycles. The number of carbonyl (C=O) groups is 2. The number of nitrogens with zero attached hydrogens (tertiary/aromatic N) is 3. The SMILES string of the molecule is Cc1ccc(-n2nc(C(C)(C)C)cc2NC(=O)Nc2cccc(CC3CCN(C(=O)c4cc5ccccc5o4)CC3)c2)cc1. The number of likely N-dealkylation sites (tertiary alicyclic amines) is 1. The van der Waals surface area contributed by atoms with E-state index in [-0.39, 0.29) is 17.4 Å². The highest BCUT2D eigenvalue weighted by Gasteiger charge is 2.26. The van der Waals surface area contributed by atoms with Crippen LogP contribution < -0.4 is 10.6 Å². The summed E-state index contributed by atoms with van der Waals surface area (Å²) in [5.41, 5.74) is 5.38. The Labute approximate surface area is 258 Å². The lowest BCUT2D eigenvalue weighted by Crippen LogP contribution is -2.38. The molecule has 0 bridgehead atoms. The molecule has 44 heavy (non-hydrogen) atoms. The van der Waals surface area contributed by atoms with Gasteiger partial charge in [-0.1, -0.05) is 68.8 Å². The van der Waals surface area contributed by atoms with Gasteiger partial charge in [-0.2, -0.15) is 5.10 Å². The van der Waals surface area contributed by atoms with E-state index in [1.807, 2.05) is 90.7 Å². The van der Waals surface area contributed by atoms with Gasteiger partial charge < -0.3 is 14.6 Å². The average molecular weight is 590 g/mol. The van der Waals surface area contributed by atoms with Gasteiger partial charge in [0.05, 0.1) is 11.4 Å². The minimum absolute atomic E-state index is 0.0461. The number of aryl methyl sites for hydroxylation is 1. The number of amides is 3. The number of hydrogen-bond donors (Lipinski definition) is 2. The topological polar surface area (TPSA) is 92.4 Å². The maximum atomic E-state index is 13.1. The van der Waals surface area contributed by atoms with Crippen LogP contribution >= 0.6 is 0 Å². The van der Waals surface area contributed by atoms with Crippen molar-refractivity contribution in [2.24, 2.45) is 5.92 Å². The van der Waals surface area contributed by atoms with Crippen molar-refractivity contribution in [2.75, 3.05) is 23.7 Å². The van der Waals surface area contributed by atoms with Crippen molar-refractivity contribution in [3.63, 3.8) is 0 Å². The monoisotopic (exact) mass is 589 g/mol. The highest BCUT2D eigenvalue weighted by molar-refractivity contribution is 5.99. The predicted molar refractivity (Wildman–Crippen MR) is 175 cm³/mol. The Balaban J connectivity index is 1.07. The van der Waals surface area contributed by atoms with Gasteiger partial charge in [-0.05, 0) is 74.1 Å². The molecule has 1 saturated heterocycles. The number of carbonyl (C=O) groups excluding carboxylic acids is 2. The zero-order valence-corrected chi connectivity index (χ0v) is 25.8. The highest BCUT2D eigenvalue weighted by Crippen LogP contribution is 2.28. The second-order valence-corrected chi connectivity index (χ2v) is 12.8. The normalized spacial score (nSPS) is 14.1. The average Bonchev–Trinajstić information content (AvgIpc) is 3.63. The molecular weight excluding hydrogens is 550 g/mol. The van der Waals surface area contributed by atoms with Crippen LogP contribution in [0.5, 0.6) is 0 Å². The largest absolute Gasteiger partial charge is 0.451 e. The van der Waals surface area contributed by atoms with Gasteiger partial charge in [0.25, 0.3) is 5.91 Å². The Morgan fingerprint density at radius 2 is 1.66 bits per heavy atom. The van der Waals surface area contributed by atoms with Crippen LogP contribution in [0.15, 0.2) is 89.3 Å². The minimum Gasteiger partial charge on any atom is -0.451 e. The molecule has 3 amide bonds. The smallest absolute Gasteiger partial charge is 0.324 e. The summed E-state index contributed by atoms with van der Waals surface area (Å²) in [6, 6.07) is 27.2. The van der Waals surface area contributed by atoms with Crippen molar-refractivity contribution in [1.29, 1.82) is 0 Å². The van der Waals surface area contributed by atoms with Crippen LogP contribution in [0.1, 0.15) is 61.0 Å².